The van der Waals surface area contributed by atoms with Crippen LogP contribution >= 0.6 is 0 Å². The van der Waals surface area contributed by atoms with E-state index in [0.29, 0.717) is 26.2 Å². The Bertz CT molecular complexity index is 880. The lowest BCUT2D eigenvalue weighted by atomic mass is 10.1. The monoisotopic (exact) mass is 420 g/mol. The van der Waals surface area contributed by atoms with E-state index in [4.69, 9.17) is 9.47 Å². The number of halogens is 2. The Balaban J connectivity index is 1.79. The SMILES string of the molecule is COc1cc(C(F)(F)c2ccccc2)nc(N2CCN(C(=O)OC(C)(C)C)CC2)n1. The van der Waals surface area contributed by atoms with Crippen LogP contribution in [0.3, 0.4) is 0 Å². The number of carbonyl (C=O) groups excluding carboxylic acids is 1. The van der Waals surface area contributed by atoms with Crippen molar-refractivity contribution in [3.63, 3.8) is 0 Å². The van der Waals surface area contributed by atoms with Gasteiger partial charge in [0, 0.05) is 37.8 Å². The summed E-state index contributed by atoms with van der Waals surface area (Å²) in [5.41, 5.74) is -1.18. The minimum atomic E-state index is -3.30. The van der Waals surface area contributed by atoms with Crippen LogP contribution in [0.2, 0.25) is 0 Å². The zero-order valence-electron chi connectivity index (χ0n) is 17.6. The number of ether oxygens (including phenoxy) is 2. The predicted octanol–water partition coefficient (Wildman–Crippen LogP) is 3.68. The maximum atomic E-state index is 15.0. The van der Waals surface area contributed by atoms with Crippen molar-refractivity contribution >= 4 is 12.0 Å². The van der Waals surface area contributed by atoms with Crippen molar-refractivity contribution in [2.24, 2.45) is 0 Å². The Kier molecular flexibility index (Phi) is 6.09. The number of alkyl halides is 2. The molecule has 1 saturated heterocycles. The molecule has 1 fully saturated rings. The first-order valence-corrected chi connectivity index (χ1v) is 9.70. The van der Waals surface area contributed by atoms with Gasteiger partial charge < -0.3 is 19.3 Å². The first-order chi connectivity index (χ1) is 14.1. The minimum Gasteiger partial charge on any atom is -0.481 e. The van der Waals surface area contributed by atoms with E-state index < -0.39 is 23.3 Å². The van der Waals surface area contributed by atoms with Gasteiger partial charge in [-0.3, -0.25) is 0 Å². The van der Waals surface area contributed by atoms with Crippen LogP contribution in [0.15, 0.2) is 36.4 Å². The van der Waals surface area contributed by atoms with Crippen LogP contribution in [-0.2, 0) is 10.7 Å². The molecule has 0 atom stereocenters. The van der Waals surface area contributed by atoms with Crippen LogP contribution < -0.4 is 9.64 Å². The molecule has 0 bridgehead atoms. The molecule has 9 heteroatoms. The summed E-state index contributed by atoms with van der Waals surface area (Å²) < 4.78 is 40.6. The first kappa shape index (κ1) is 21.7. The largest absolute Gasteiger partial charge is 0.481 e. The molecule has 0 unspecified atom stereocenters. The Labute approximate surface area is 174 Å². The lowest BCUT2D eigenvalue weighted by Gasteiger charge is -2.35. The molecule has 162 valence electrons. The smallest absolute Gasteiger partial charge is 0.410 e. The van der Waals surface area contributed by atoms with Crippen molar-refractivity contribution in [2.75, 3.05) is 38.2 Å². The summed E-state index contributed by atoms with van der Waals surface area (Å²) in [6, 6.07) is 8.64. The summed E-state index contributed by atoms with van der Waals surface area (Å²) in [4.78, 5) is 23.9. The molecule has 1 aliphatic heterocycles. The summed E-state index contributed by atoms with van der Waals surface area (Å²) >= 11 is 0. The second-order valence-corrected chi connectivity index (χ2v) is 7.99. The summed E-state index contributed by atoms with van der Waals surface area (Å²) in [5, 5.41) is 0. The van der Waals surface area contributed by atoms with Gasteiger partial charge in [0.1, 0.15) is 11.3 Å². The zero-order valence-corrected chi connectivity index (χ0v) is 17.6. The van der Waals surface area contributed by atoms with Gasteiger partial charge in [-0.2, -0.15) is 13.8 Å². The highest BCUT2D eigenvalue weighted by atomic mass is 19.3. The molecule has 30 heavy (non-hydrogen) atoms. The molecule has 0 spiro atoms. The van der Waals surface area contributed by atoms with Gasteiger partial charge in [0.25, 0.3) is 0 Å². The van der Waals surface area contributed by atoms with Crippen LogP contribution in [0.5, 0.6) is 5.88 Å². The van der Waals surface area contributed by atoms with E-state index in [2.05, 4.69) is 9.97 Å². The average Bonchev–Trinajstić information content (AvgIpc) is 2.73. The molecule has 1 amide bonds. The molecule has 0 saturated carbocycles. The van der Waals surface area contributed by atoms with E-state index in [0.717, 1.165) is 6.07 Å². The molecule has 7 nitrogen and oxygen atoms in total. The first-order valence-electron chi connectivity index (χ1n) is 9.70. The fraction of sp³-hybridized carbons (Fsp3) is 0.476. The maximum absolute atomic E-state index is 15.0. The highest BCUT2D eigenvalue weighted by Gasteiger charge is 2.37. The van der Waals surface area contributed by atoms with E-state index in [1.807, 2.05) is 0 Å². The number of amides is 1. The Morgan fingerprint density at radius 2 is 1.67 bits per heavy atom. The molecule has 3 rings (SSSR count). The van der Waals surface area contributed by atoms with Gasteiger partial charge in [-0.1, -0.05) is 30.3 Å². The molecule has 1 aliphatic rings. The second kappa shape index (κ2) is 8.41. The average molecular weight is 420 g/mol. The third-order valence-corrected chi connectivity index (χ3v) is 4.57. The van der Waals surface area contributed by atoms with Crippen LogP contribution in [-0.4, -0.2) is 59.9 Å². The molecule has 0 aliphatic carbocycles. The van der Waals surface area contributed by atoms with E-state index >= 15 is 8.78 Å². The number of hydrogen-bond acceptors (Lipinski definition) is 6. The van der Waals surface area contributed by atoms with Gasteiger partial charge in [0.05, 0.1) is 7.11 Å². The van der Waals surface area contributed by atoms with E-state index in [1.165, 1.54) is 19.2 Å². The predicted molar refractivity (Wildman–Crippen MR) is 108 cm³/mol. The number of piperazine rings is 1. The Hall–Kier alpha value is -2.97. The molecule has 1 aromatic carbocycles. The van der Waals surface area contributed by atoms with E-state index in [9.17, 15) is 4.79 Å². The highest BCUT2D eigenvalue weighted by molar-refractivity contribution is 5.68. The van der Waals surface area contributed by atoms with Crippen LogP contribution in [0.4, 0.5) is 19.5 Å². The van der Waals surface area contributed by atoms with Crippen LogP contribution in [0, 0.1) is 0 Å². The fourth-order valence-electron chi connectivity index (χ4n) is 3.03. The molecular formula is C21H26F2N4O3. The number of benzene rings is 1. The van der Waals surface area contributed by atoms with Crippen LogP contribution in [0.25, 0.3) is 0 Å². The topological polar surface area (TPSA) is 67.8 Å². The van der Waals surface area contributed by atoms with Gasteiger partial charge in [-0.05, 0) is 20.8 Å². The van der Waals surface area contributed by atoms with Gasteiger partial charge in [0.15, 0.2) is 0 Å². The molecule has 0 N–H and O–H groups in total. The Morgan fingerprint density at radius 3 is 2.23 bits per heavy atom. The molecular weight excluding hydrogens is 394 g/mol. The van der Waals surface area contributed by atoms with Gasteiger partial charge >= 0.3 is 12.0 Å². The standard InChI is InChI=1S/C21H26F2N4O3/c1-20(2,3)30-19(28)27-12-10-26(11-13-27)18-24-16(14-17(25-18)29-4)21(22,23)15-8-6-5-7-9-15/h5-9,14H,10-13H2,1-4H3. The number of carbonyl (C=O) groups is 1. The number of aromatic nitrogens is 2. The summed E-state index contributed by atoms with van der Waals surface area (Å²) in [7, 11) is 1.37. The number of anilines is 1. The summed E-state index contributed by atoms with van der Waals surface area (Å²) in [6.07, 6.45) is -0.398. The van der Waals surface area contributed by atoms with Gasteiger partial charge in [-0.25, -0.2) is 9.78 Å². The Morgan fingerprint density at radius 1 is 1.03 bits per heavy atom. The lowest BCUT2D eigenvalue weighted by molar-refractivity contribution is 0.0240. The van der Waals surface area contributed by atoms with Crippen LogP contribution in [0.1, 0.15) is 32.0 Å². The molecule has 2 heterocycles. The lowest BCUT2D eigenvalue weighted by Crippen LogP contribution is -2.50. The zero-order chi connectivity index (χ0) is 21.9. The van der Waals surface area contributed by atoms with Gasteiger partial charge in [0.2, 0.25) is 11.8 Å². The number of rotatable bonds is 4. The van der Waals surface area contributed by atoms with Crippen molar-refractivity contribution in [3.8, 4) is 5.88 Å². The minimum absolute atomic E-state index is 0.0557. The third-order valence-electron chi connectivity index (χ3n) is 4.57. The van der Waals surface area contributed by atoms with Crippen molar-refractivity contribution in [1.29, 1.82) is 0 Å². The molecule has 0 radical (unpaired) electrons. The number of methoxy groups -OCH3 is 1. The van der Waals surface area contributed by atoms with Crippen molar-refractivity contribution in [2.45, 2.75) is 32.3 Å². The third kappa shape index (κ3) is 4.95. The van der Waals surface area contributed by atoms with E-state index in [1.54, 1.807) is 48.8 Å². The number of nitrogens with zero attached hydrogens (tertiary/aromatic N) is 4. The maximum Gasteiger partial charge on any atom is 0.410 e. The van der Waals surface area contributed by atoms with E-state index in [-0.39, 0.29) is 17.4 Å². The fourth-order valence-corrected chi connectivity index (χ4v) is 3.03. The normalized spacial score (nSPS) is 15.1. The quantitative estimate of drug-likeness (QED) is 0.752. The second-order valence-electron chi connectivity index (χ2n) is 7.99. The van der Waals surface area contributed by atoms with Crippen molar-refractivity contribution in [1.82, 2.24) is 14.9 Å². The summed E-state index contributed by atoms with van der Waals surface area (Å²) in [6.45, 7) is 6.95. The molecule has 2 aromatic rings. The number of hydrogen-bond donors (Lipinski definition) is 0. The summed E-state index contributed by atoms with van der Waals surface area (Å²) in [5.74, 6) is -3.10. The van der Waals surface area contributed by atoms with Gasteiger partial charge in [-0.15, -0.1) is 0 Å². The molecule has 1 aromatic heterocycles. The van der Waals surface area contributed by atoms with Crippen molar-refractivity contribution in [3.05, 3.63) is 47.7 Å². The van der Waals surface area contributed by atoms with Crippen molar-refractivity contribution < 1.29 is 23.0 Å². The highest BCUT2D eigenvalue weighted by Crippen LogP contribution is 2.36.